The molecule has 0 radical (unpaired) electrons. The summed E-state index contributed by atoms with van der Waals surface area (Å²) >= 11 is 0. The molecule has 0 heterocycles. The van der Waals surface area contributed by atoms with Gasteiger partial charge in [0.2, 0.25) is 0 Å². The van der Waals surface area contributed by atoms with Gasteiger partial charge in [-0.3, -0.25) is 0 Å². The van der Waals surface area contributed by atoms with Crippen LogP contribution in [0.3, 0.4) is 0 Å². The van der Waals surface area contributed by atoms with Crippen LogP contribution in [0.5, 0.6) is 0 Å². The molecule has 0 amide bonds. The summed E-state index contributed by atoms with van der Waals surface area (Å²) < 4.78 is 0. The van der Waals surface area contributed by atoms with Gasteiger partial charge in [-0.2, -0.15) is 0 Å². The molecule has 0 saturated heterocycles. The smallest absolute Gasteiger partial charge is 0.0211 e. The van der Waals surface area contributed by atoms with E-state index in [-0.39, 0.29) is 5.41 Å². The van der Waals surface area contributed by atoms with Gasteiger partial charge < -0.3 is 0 Å². The van der Waals surface area contributed by atoms with Crippen LogP contribution in [0.4, 0.5) is 0 Å². The molecule has 0 nitrogen and oxygen atoms in total. The van der Waals surface area contributed by atoms with Gasteiger partial charge in [-0.1, -0.05) is 75.4 Å². The van der Waals surface area contributed by atoms with E-state index in [2.05, 4.69) is 75.4 Å². The Balaban J connectivity index is 2.25. The third-order valence-electron chi connectivity index (χ3n) is 5.94. The van der Waals surface area contributed by atoms with Crippen LogP contribution in [0.2, 0.25) is 0 Å². The first kappa shape index (κ1) is 14.4. The van der Waals surface area contributed by atoms with Gasteiger partial charge in [0.15, 0.2) is 0 Å². The maximum absolute atomic E-state index is 2.38. The number of rotatable bonds is 4. The van der Waals surface area contributed by atoms with Crippen molar-refractivity contribution in [1.29, 1.82) is 0 Å². The summed E-state index contributed by atoms with van der Waals surface area (Å²) in [5.41, 5.74) is 5.21. The highest BCUT2D eigenvalue weighted by Crippen LogP contribution is 2.57. The minimum atomic E-state index is 0.198. The molecule has 0 N–H and O–H groups in total. The normalized spacial score (nSPS) is 23.0. The number of hydrogen-bond donors (Lipinski definition) is 0. The molecular formula is C21H26. The van der Waals surface area contributed by atoms with Gasteiger partial charge in [-0.15, -0.1) is 0 Å². The zero-order chi connectivity index (χ0) is 14.9. The Morgan fingerprint density at radius 1 is 0.714 bits per heavy atom. The van der Waals surface area contributed by atoms with Crippen molar-refractivity contribution >= 4 is 0 Å². The van der Waals surface area contributed by atoms with Crippen molar-refractivity contribution in [2.45, 2.75) is 57.3 Å². The molecular weight excluding hydrogens is 252 g/mol. The Morgan fingerprint density at radius 2 is 1.29 bits per heavy atom. The highest BCUT2D eigenvalue weighted by molar-refractivity contribution is 5.52. The molecule has 2 aromatic rings. The maximum Gasteiger partial charge on any atom is 0.0211 e. The first-order valence-corrected chi connectivity index (χ1v) is 8.38. The fourth-order valence-corrected chi connectivity index (χ4v) is 4.55. The van der Waals surface area contributed by atoms with E-state index in [1.54, 1.807) is 11.1 Å². The predicted octanol–water partition coefficient (Wildman–Crippen LogP) is 5.84. The zero-order valence-electron chi connectivity index (χ0n) is 13.5. The van der Waals surface area contributed by atoms with Crippen molar-refractivity contribution in [2.24, 2.45) is 0 Å². The Hall–Kier alpha value is -1.56. The van der Waals surface area contributed by atoms with E-state index in [0.717, 1.165) is 0 Å². The lowest BCUT2D eigenvalue weighted by atomic mass is 9.69. The van der Waals surface area contributed by atoms with Gasteiger partial charge in [0, 0.05) is 5.41 Å². The molecule has 1 aliphatic carbocycles. The Bertz CT molecular complexity index is 607. The van der Waals surface area contributed by atoms with Crippen LogP contribution >= 0.6 is 0 Å². The van der Waals surface area contributed by atoms with Crippen molar-refractivity contribution in [3.63, 3.8) is 0 Å². The second-order valence-electron chi connectivity index (χ2n) is 6.51. The third kappa shape index (κ3) is 1.96. The van der Waals surface area contributed by atoms with Crippen molar-refractivity contribution < 1.29 is 0 Å². The molecule has 1 unspecified atom stereocenters. The van der Waals surface area contributed by atoms with Crippen LogP contribution < -0.4 is 0 Å². The van der Waals surface area contributed by atoms with E-state index in [1.165, 1.54) is 31.2 Å². The van der Waals surface area contributed by atoms with E-state index in [0.29, 0.717) is 5.41 Å². The molecule has 1 atom stereocenters. The Labute approximate surface area is 129 Å². The Kier molecular flexibility index (Phi) is 3.65. The highest BCUT2D eigenvalue weighted by atomic mass is 14.5. The Morgan fingerprint density at radius 3 is 1.86 bits per heavy atom. The topological polar surface area (TPSA) is 0 Å². The molecule has 0 heteroatoms. The van der Waals surface area contributed by atoms with Crippen molar-refractivity contribution in [3.05, 3.63) is 71.3 Å². The summed E-state index contributed by atoms with van der Waals surface area (Å²) in [4.78, 5) is 0. The van der Waals surface area contributed by atoms with Crippen LogP contribution in [-0.4, -0.2) is 0 Å². The third-order valence-corrected chi connectivity index (χ3v) is 5.94. The predicted molar refractivity (Wildman–Crippen MR) is 90.8 cm³/mol. The van der Waals surface area contributed by atoms with Crippen molar-refractivity contribution in [3.8, 4) is 0 Å². The lowest BCUT2D eigenvalue weighted by Crippen LogP contribution is -2.28. The van der Waals surface area contributed by atoms with Crippen LogP contribution in [0.15, 0.2) is 54.6 Å². The van der Waals surface area contributed by atoms with E-state index in [9.17, 15) is 0 Å². The first-order valence-electron chi connectivity index (χ1n) is 8.38. The minimum Gasteiger partial charge on any atom is -0.0645 e. The summed E-state index contributed by atoms with van der Waals surface area (Å²) in [5.74, 6) is 0. The standard InChI is InChI=1S/C21H26/c1-4-20(5-2)16-21(6-3,17-12-8-7-9-13-17)19-15-11-10-14-18(19)20/h7-15H,4-6,16H2,1-3H3. The molecule has 0 spiro atoms. The molecule has 0 aromatic heterocycles. The summed E-state index contributed by atoms with van der Waals surface area (Å²) in [5, 5.41) is 0. The fraction of sp³-hybridized carbons (Fsp3) is 0.429. The average Bonchev–Trinajstić information content (AvgIpc) is 2.88. The van der Waals surface area contributed by atoms with Crippen LogP contribution in [0, 0.1) is 0 Å². The monoisotopic (exact) mass is 278 g/mol. The molecule has 0 bridgehead atoms. The van der Waals surface area contributed by atoms with Crippen LogP contribution in [-0.2, 0) is 10.8 Å². The van der Waals surface area contributed by atoms with Gasteiger partial charge in [-0.25, -0.2) is 0 Å². The summed E-state index contributed by atoms with van der Waals surface area (Å²) in [7, 11) is 0. The summed E-state index contributed by atoms with van der Waals surface area (Å²) in [6, 6.07) is 20.3. The van der Waals surface area contributed by atoms with E-state index >= 15 is 0 Å². The minimum absolute atomic E-state index is 0.198. The SMILES string of the molecule is CCC1(CC)CC(CC)(c2ccccc2)c2ccccc21. The van der Waals surface area contributed by atoms with Crippen LogP contribution in [0.1, 0.15) is 63.1 Å². The molecule has 1 aliphatic rings. The van der Waals surface area contributed by atoms with Gasteiger partial charge >= 0.3 is 0 Å². The molecule has 0 saturated carbocycles. The van der Waals surface area contributed by atoms with Crippen molar-refractivity contribution in [2.75, 3.05) is 0 Å². The average molecular weight is 278 g/mol. The van der Waals surface area contributed by atoms with E-state index in [1.807, 2.05) is 0 Å². The molecule has 21 heavy (non-hydrogen) atoms. The number of hydrogen-bond acceptors (Lipinski definition) is 0. The maximum atomic E-state index is 2.38. The molecule has 3 rings (SSSR count). The van der Waals surface area contributed by atoms with Crippen molar-refractivity contribution in [1.82, 2.24) is 0 Å². The number of fused-ring (bicyclic) bond motifs is 1. The van der Waals surface area contributed by atoms with Crippen LogP contribution in [0.25, 0.3) is 0 Å². The van der Waals surface area contributed by atoms with Gasteiger partial charge in [-0.05, 0) is 47.8 Å². The van der Waals surface area contributed by atoms with Gasteiger partial charge in [0.05, 0.1) is 0 Å². The first-order chi connectivity index (χ1) is 10.2. The summed E-state index contributed by atoms with van der Waals surface area (Å²) in [6.45, 7) is 7.07. The molecule has 2 aromatic carbocycles. The zero-order valence-corrected chi connectivity index (χ0v) is 13.5. The van der Waals surface area contributed by atoms with E-state index < -0.39 is 0 Å². The lowest BCUT2D eigenvalue weighted by molar-refractivity contribution is 0.324. The largest absolute Gasteiger partial charge is 0.0645 e. The second kappa shape index (κ2) is 5.33. The fourth-order valence-electron chi connectivity index (χ4n) is 4.55. The quantitative estimate of drug-likeness (QED) is 0.658. The molecule has 0 aliphatic heterocycles. The van der Waals surface area contributed by atoms with Gasteiger partial charge in [0.1, 0.15) is 0 Å². The van der Waals surface area contributed by atoms with Gasteiger partial charge in [0.25, 0.3) is 0 Å². The van der Waals surface area contributed by atoms with E-state index in [4.69, 9.17) is 0 Å². The second-order valence-corrected chi connectivity index (χ2v) is 6.51. The highest BCUT2D eigenvalue weighted by Gasteiger charge is 2.49. The number of benzene rings is 2. The molecule has 0 fully saturated rings. The summed E-state index contributed by atoms with van der Waals surface area (Å²) in [6.07, 6.45) is 4.90. The lowest BCUT2D eigenvalue weighted by Gasteiger charge is -2.34. The molecule has 110 valence electrons.